The number of aromatic nitrogens is 2. The first-order valence-electron chi connectivity index (χ1n) is 10.0. The quantitative estimate of drug-likeness (QED) is 0.496. The Morgan fingerprint density at radius 3 is 1.70 bits per heavy atom. The Morgan fingerprint density at radius 2 is 1.26 bits per heavy atom. The van der Waals surface area contributed by atoms with Crippen molar-refractivity contribution in [3.63, 3.8) is 0 Å². The molecular formula is C18H33N7O2. The van der Waals surface area contributed by atoms with Crippen LogP contribution in [0.3, 0.4) is 0 Å². The minimum absolute atomic E-state index is 0.593. The van der Waals surface area contributed by atoms with Gasteiger partial charge in [0.25, 0.3) is 0 Å². The van der Waals surface area contributed by atoms with Gasteiger partial charge in [-0.05, 0) is 25.9 Å². The number of nitrogens with one attached hydrogen (secondary N) is 2. The molecule has 9 heteroatoms. The van der Waals surface area contributed by atoms with E-state index in [1.54, 1.807) is 6.33 Å². The highest BCUT2D eigenvalue weighted by Gasteiger charge is 2.12. The molecule has 3 heterocycles. The monoisotopic (exact) mass is 379 g/mol. The maximum absolute atomic E-state index is 6.23. The Morgan fingerprint density at radius 1 is 0.815 bits per heavy atom. The molecule has 0 radical (unpaired) electrons. The van der Waals surface area contributed by atoms with Crippen LogP contribution in [-0.2, 0) is 9.47 Å². The molecule has 0 spiro atoms. The average Bonchev–Trinajstić information content (AvgIpc) is 2.72. The van der Waals surface area contributed by atoms with Gasteiger partial charge in [-0.2, -0.15) is 0 Å². The van der Waals surface area contributed by atoms with E-state index in [9.17, 15) is 0 Å². The van der Waals surface area contributed by atoms with Crippen molar-refractivity contribution in [1.82, 2.24) is 19.8 Å². The number of morpholine rings is 2. The van der Waals surface area contributed by atoms with Crippen molar-refractivity contribution in [2.45, 2.75) is 12.8 Å². The number of nitrogens with zero attached hydrogens (tertiary/aromatic N) is 4. The second-order valence-electron chi connectivity index (χ2n) is 6.95. The van der Waals surface area contributed by atoms with E-state index < -0.39 is 0 Å². The smallest absolute Gasteiger partial charge is 0.154 e. The lowest BCUT2D eigenvalue weighted by Gasteiger charge is -2.26. The molecule has 0 saturated carbocycles. The zero-order chi connectivity index (χ0) is 18.7. The minimum Gasteiger partial charge on any atom is -0.393 e. The average molecular weight is 380 g/mol. The van der Waals surface area contributed by atoms with Gasteiger partial charge in [-0.15, -0.1) is 0 Å². The predicted octanol–water partition coefficient (Wildman–Crippen LogP) is 0.327. The molecule has 9 nitrogen and oxygen atoms in total. The van der Waals surface area contributed by atoms with Crippen LogP contribution in [-0.4, -0.2) is 98.6 Å². The van der Waals surface area contributed by atoms with Crippen molar-refractivity contribution < 1.29 is 9.47 Å². The molecule has 152 valence electrons. The number of anilines is 3. The Labute approximate surface area is 161 Å². The lowest BCUT2D eigenvalue weighted by Crippen LogP contribution is -2.37. The van der Waals surface area contributed by atoms with Crippen LogP contribution in [0.2, 0.25) is 0 Å². The summed E-state index contributed by atoms with van der Waals surface area (Å²) in [6.45, 7) is 11.3. The third kappa shape index (κ3) is 6.76. The van der Waals surface area contributed by atoms with E-state index in [0.717, 1.165) is 91.6 Å². The molecule has 1 aromatic rings. The van der Waals surface area contributed by atoms with E-state index >= 15 is 0 Å². The Hall–Kier alpha value is -1.68. The first-order valence-corrected chi connectivity index (χ1v) is 10.0. The molecule has 1 aromatic heterocycles. The molecule has 4 N–H and O–H groups in total. The number of rotatable bonds is 10. The van der Waals surface area contributed by atoms with Gasteiger partial charge in [-0.3, -0.25) is 9.80 Å². The Kier molecular flexibility index (Phi) is 8.34. The van der Waals surface area contributed by atoms with E-state index in [0.29, 0.717) is 17.3 Å². The molecule has 0 atom stereocenters. The summed E-state index contributed by atoms with van der Waals surface area (Å²) < 4.78 is 10.7. The molecule has 3 rings (SSSR count). The summed E-state index contributed by atoms with van der Waals surface area (Å²) in [5.41, 5.74) is 6.82. The maximum atomic E-state index is 6.23. The van der Waals surface area contributed by atoms with Crippen LogP contribution in [0.15, 0.2) is 6.33 Å². The SMILES string of the molecule is Nc1c(NCCCN2CCOCC2)ncnc1NCCCN1CCOCC1. The number of nitrogen functional groups attached to an aromatic ring is 1. The first-order chi connectivity index (χ1) is 13.3. The van der Waals surface area contributed by atoms with Crippen LogP contribution in [0.25, 0.3) is 0 Å². The Bertz CT molecular complexity index is 504. The summed E-state index contributed by atoms with van der Waals surface area (Å²) in [5.74, 6) is 1.42. The highest BCUT2D eigenvalue weighted by atomic mass is 16.5. The molecule has 27 heavy (non-hydrogen) atoms. The molecule has 0 unspecified atom stereocenters. The number of hydrogen-bond donors (Lipinski definition) is 3. The fourth-order valence-corrected chi connectivity index (χ4v) is 3.35. The largest absolute Gasteiger partial charge is 0.393 e. The molecule has 2 saturated heterocycles. The van der Waals surface area contributed by atoms with Crippen molar-refractivity contribution in [2.75, 3.05) is 95.2 Å². The highest BCUT2D eigenvalue weighted by molar-refractivity contribution is 5.73. The second-order valence-corrected chi connectivity index (χ2v) is 6.95. The van der Waals surface area contributed by atoms with Gasteiger partial charge in [0.1, 0.15) is 12.0 Å². The fraction of sp³-hybridized carbons (Fsp3) is 0.778. The Balaban J connectivity index is 1.34. The van der Waals surface area contributed by atoms with Gasteiger partial charge in [-0.25, -0.2) is 9.97 Å². The maximum Gasteiger partial charge on any atom is 0.154 e. The lowest BCUT2D eigenvalue weighted by molar-refractivity contribution is 0.0378. The van der Waals surface area contributed by atoms with Crippen LogP contribution in [0, 0.1) is 0 Å². The number of hydrogen-bond acceptors (Lipinski definition) is 9. The van der Waals surface area contributed by atoms with Crippen LogP contribution in [0.4, 0.5) is 17.3 Å². The van der Waals surface area contributed by atoms with E-state index in [1.807, 2.05) is 0 Å². The molecular weight excluding hydrogens is 346 g/mol. The van der Waals surface area contributed by atoms with E-state index in [4.69, 9.17) is 15.2 Å². The summed E-state index contributed by atoms with van der Waals surface area (Å²) in [7, 11) is 0. The van der Waals surface area contributed by atoms with Crippen molar-refractivity contribution in [1.29, 1.82) is 0 Å². The number of nitrogens with two attached hydrogens (primary N) is 1. The molecule has 0 aromatic carbocycles. The third-order valence-corrected chi connectivity index (χ3v) is 4.98. The molecule has 0 amide bonds. The normalized spacial score (nSPS) is 19.1. The van der Waals surface area contributed by atoms with Crippen molar-refractivity contribution in [3.05, 3.63) is 6.33 Å². The molecule has 0 aliphatic carbocycles. The van der Waals surface area contributed by atoms with Crippen LogP contribution in [0.1, 0.15) is 12.8 Å². The van der Waals surface area contributed by atoms with Gasteiger partial charge in [-0.1, -0.05) is 0 Å². The molecule has 0 bridgehead atoms. The highest BCUT2D eigenvalue weighted by Crippen LogP contribution is 2.22. The number of ether oxygens (including phenoxy) is 2. The predicted molar refractivity (Wildman–Crippen MR) is 107 cm³/mol. The second kappa shape index (κ2) is 11.2. The van der Waals surface area contributed by atoms with Gasteiger partial charge in [0.05, 0.1) is 26.4 Å². The standard InChI is InChI=1S/C18H33N7O2/c19-16-17(20-3-1-5-24-7-11-26-12-8-24)22-15-23-18(16)21-4-2-6-25-9-13-27-14-10-25/h15H,1-14,19H2,(H2,20,21,22,23). The summed E-state index contributed by atoms with van der Waals surface area (Å²) >= 11 is 0. The third-order valence-electron chi connectivity index (χ3n) is 4.98. The van der Waals surface area contributed by atoms with Crippen LogP contribution >= 0.6 is 0 Å². The molecule has 2 fully saturated rings. The van der Waals surface area contributed by atoms with Crippen molar-refractivity contribution >= 4 is 17.3 Å². The summed E-state index contributed by atoms with van der Waals surface area (Å²) in [6, 6.07) is 0. The lowest BCUT2D eigenvalue weighted by atomic mass is 10.3. The summed E-state index contributed by atoms with van der Waals surface area (Å²) in [4.78, 5) is 13.4. The minimum atomic E-state index is 0.593. The topological polar surface area (TPSA) is 101 Å². The molecule has 2 aliphatic rings. The van der Waals surface area contributed by atoms with Gasteiger partial charge < -0.3 is 25.8 Å². The molecule has 2 aliphatic heterocycles. The summed E-state index contributed by atoms with van der Waals surface area (Å²) in [6.07, 6.45) is 3.66. The zero-order valence-corrected chi connectivity index (χ0v) is 16.2. The van der Waals surface area contributed by atoms with E-state index in [2.05, 4.69) is 30.4 Å². The zero-order valence-electron chi connectivity index (χ0n) is 16.2. The van der Waals surface area contributed by atoms with Gasteiger partial charge in [0.2, 0.25) is 0 Å². The van der Waals surface area contributed by atoms with Crippen LogP contribution in [0.5, 0.6) is 0 Å². The van der Waals surface area contributed by atoms with Crippen molar-refractivity contribution in [3.8, 4) is 0 Å². The van der Waals surface area contributed by atoms with Crippen LogP contribution < -0.4 is 16.4 Å². The van der Waals surface area contributed by atoms with Gasteiger partial charge in [0, 0.05) is 39.3 Å². The van der Waals surface area contributed by atoms with E-state index in [-0.39, 0.29) is 0 Å². The van der Waals surface area contributed by atoms with Gasteiger partial charge >= 0.3 is 0 Å². The summed E-state index contributed by atoms with van der Waals surface area (Å²) in [5, 5.41) is 6.68. The van der Waals surface area contributed by atoms with E-state index in [1.165, 1.54) is 0 Å². The van der Waals surface area contributed by atoms with Crippen molar-refractivity contribution in [2.24, 2.45) is 0 Å². The van der Waals surface area contributed by atoms with Gasteiger partial charge in [0.15, 0.2) is 11.6 Å². The fourth-order valence-electron chi connectivity index (χ4n) is 3.35. The first kappa shape index (κ1) is 20.1.